The van der Waals surface area contributed by atoms with Crippen LogP contribution < -0.4 is 4.89 Å². The molecule has 0 aliphatic rings. The van der Waals surface area contributed by atoms with E-state index in [0.717, 1.165) is 51.4 Å². The lowest BCUT2D eigenvalue weighted by atomic mass is 10.1. The number of quaternary nitrogens is 1. The molecule has 0 aliphatic carbocycles. The first kappa shape index (κ1) is 55.5. The number of esters is 2. The molecule has 0 spiro atoms. The maximum Gasteiger partial charge on any atom is 0.306 e. The Morgan fingerprint density at radius 2 is 0.966 bits per heavy atom. The summed E-state index contributed by atoms with van der Waals surface area (Å²) in [7, 11) is 1.11. The van der Waals surface area contributed by atoms with Crippen molar-refractivity contribution in [3.05, 3.63) is 72.9 Å². The number of phosphoric ester groups is 1. The van der Waals surface area contributed by atoms with Crippen LogP contribution in [0.15, 0.2) is 72.9 Å². The Labute approximate surface area is 355 Å². The molecule has 10 heteroatoms. The van der Waals surface area contributed by atoms with Gasteiger partial charge in [-0.1, -0.05) is 151 Å². The Kier molecular flexibility index (Phi) is 38.1. The van der Waals surface area contributed by atoms with Crippen molar-refractivity contribution in [1.29, 1.82) is 0 Å². The van der Waals surface area contributed by atoms with Gasteiger partial charge in [0.05, 0.1) is 27.7 Å². The molecular weight excluding hydrogens is 750 g/mol. The van der Waals surface area contributed by atoms with E-state index in [1.807, 2.05) is 33.3 Å². The van der Waals surface area contributed by atoms with E-state index in [-0.39, 0.29) is 26.1 Å². The SMILES string of the molecule is CCCCC/C=C\C/C=C\C/C=C\C/C=C\C/C=C\CCC(=O)O[C@H](COC(=O)CCCCCCCCC/C=C\CCCCCC)COP(=O)([O-])OCC[N+](C)(C)C. The average molecular weight is 834 g/mol. The zero-order valence-electron chi connectivity index (χ0n) is 37.5. The van der Waals surface area contributed by atoms with Gasteiger partial charge in [0.1, 0.15) is 19.8 Å². The summed E-state index contributed by atoms with van der Waals surface area (Å²) in [6.45, 7) is 4.08. The number of hydrogen-bond acceptors (Lipinski definition) is 8. The van der Waals surface area contributed by atoms with Crippen LogP contribution in [0.4, 0.5) is 0 Å². The van der Waals surface area contributed by atoms with Crippen LogP contribution in [0.5, 0.6) is 0 Å². The van der Waals surface area contributed by atoms with Crippen LogP contribution in [0.1, 0.15) is 168 Å². The van der Waals surface area contributed by atoms with Crippen LogP contribution in [-0.2, 0) is 32.7 Å². The second kappa shape index (κ2) is 39.9. The van der Waals surface area contributed by atoms with Crippen LogP contribution in [0.2, 0.25) is 0 Å². The predicted molar refractivity (Wildman–Crippen MR) is 240 cm³/mol. The molecule has 0 aromatic rings. The molecule has 0 radical (unpaired) electrons. The van der Waals surface area contributed by atoms with Crippen molar-refractivity contribution in [1.82, 2.24) is 0 Å². The first-order chi connectivity index (χ1) is 28.0. The second-order valence-corrected chi connectivity index (χ2v) is 17.5. The Balaban J connectivity index is 4.49. The fourth-order valence-electron chi connectivity index (χ4n) is 5.63. The maximum absolute atomic E-state index is 12.7. The zero-order valence-corrected chi connectivity index (χ0v) is 38.4. The maximum atomic E-state index is 12.7. The molecule has 0 rings (SSSR count). The zero-order chi connectivity index (χ0) is 42.8. The van der Waals surface area contributed by atoms with E-state index < -0.39 is 32.5 Å². The van der Waals surface area contributed by atoms with Crippen LogP contribution in [0, 0.1) is 0 Å². The number of carbonyl (C=O) groups is 2. The Morgan fingerprint density at radius 1 is 0.534 bits per heavy atom. The Bertz CT molecular complexity index is 1220. The number of allylic oxidation sites excluding steroid dienone is 12. The molecule has 334 valence electrons. The van der Waals surface area contributed by atoms with Gasteiger partial charge >= 0.3 is 11.9 Å². The van der Waals surface area contributed by atoms with Gasteiger partial charge in [-0.3, -0.25) is 14.2 Å². The summed E-state index contributed by atoms with van der Waals surface area (Å²) in [6, 6.07) is 0. The standard InChI is InChI=1S/C48H84NO8P/c1-6-8-10-12-14-16-18-20-22-23-24-25-27-29-31-33-35-37-39-41-48(51)57-46(45-56-58(52,53)55-43-42-49(3,4)5)44-54-47(50)40-38-36-34-32-30-28-26-21-19-17-15-13-11-9-7-2/h14,16-17,19-20,22,24-25,29,31,35,37,46H,6-13,15,18,21,23,26-28,30,32-34,36,38-45H2,1-5H3/b16-14-,19-17-,22-20-,25-24-,31-29-,37-35-/t46-/m1/s1. The van der Waals surface area contributed by atoms with Crippen LogP contribution in [-0.4, -0.2) is 70.0 Å². The van der Waals surface area contributed by atoms with E-state index in [1.165, 1.54) is 77.0 Å². The van der Waals surface area contributed by atoms with Gasteiger partial charge in [-0.15, -0.1) is 0 Å². The lowest BCUT2D eigenvalue weighted by molar-refractivity contribution is -0.870. The summed E-state index contributed by atoms with van der Waals surface area (Å²) >= 11 is 0. The summed E-state index contributed by atoms with van der Waals surface area (Å²) in [5.41, 5.74) is 0. The van der Waals surface area contributed by atoms with Crippen molar-refractivity contribution in [2.75, 3.05) is 47.5 Å². The monoisotopic (exact) mass is 834 g/mol. The van der Waals surface area contributed by atoms with E-state index in [4.69, 9.17) is 18.5 Å². The molecule has 0 N–H and O–H groups in total. The molecule has 0 fully saturated rings. The topological polar surface area (TPSA) is 111 Å². The molecular formula is C48H84NO8P. The molecule has 0 bridgehead atoms. The lowest BCUT2D eigenvalue weighted by Crippen LogP contribution is -2.37. The molecule has 0 aromatic heterocycles. The predicted octanol–water partition coefficient (Wildman–Crippen LogP) is 12.4. The van der Waals surface area contributed by atoms with E-state index in [0.29, 0.717) is 23.9 Å². The highest BCUT2D eigenvalue weighted by Gasteiger charge is 2.21. The minimum atomic E-state index is -4.65. The molecule has 0 aliphatic heterocycles. The van der Waals surface area contributed by atoms with Gasteiger partial charge < -0.3 is 27.9 Å². The van der Waals surface area contributed by atoms with Crippen molar-refractivity contribution >= 4 is 19.8 Å². The van der Waals surface area contributed by atoms with E-state index in [2.05, 4.69) is 74.6 Å². The fraction of sp³-hybridized carbons (Fsp3) is 0.708. The van der Waals surface area contributed by atoms with Crippen molar-refractivity contribution in [2.24, 2.45) is 0 Å². The number of hydrogen-bond donors (Lipinski definition) is 0. The molecule has 0 saturated carbocycles. The summed E-state index contributed by atoms with van der Waals surface area (Å²) in [4.78, 5) is 37.5. The molecule has 0 heterocycles. The normalized spacial score (nSPS) is 14.2. The second-order valence-electron chi connectivity index (χ2n) is 16.1. The number of rotatable bonds is 40. The third kappa shape index (κ3) is 43.0. The minimum absolute atomic E-state index is 0.0479. The molecule has 58 heavy (non-hydrogen) atoms. The van der Waals surface area contributed by atoms with Crippen LogP contribution in [0.25, 0.3) is 0 Å². The summed E-state index contributed by atoms with van der Waals surface area (Å²) in [5, 5.41) is 0. The van der Waals surface area contributed by atoms with Gasteiger partial charge in [0.2, 0.25) is 0 Å². The van der Waals surface area contributed by atoms with E-state index >= 15 is 0 Å². The van der Waals surface area contributed by atoms with Crippen molar-refractivity contribution < 1.29 is 42.1 Å². The third-order valence-electron chi connectivity index (χ3n) is 9.21. The Morgan fingerprint density at radius 3 is 1.50 bits per heavy atom. The smallest absolute Gasteiger partial charge is 0.306 e. The van der Waals surface area contributed by atoms with E-state index in [9.17, 15) is 19.0 Å². The van der Waals surface area contributed by atoms with Gasteiger partial charge in [0.15, 0.2) is 6.10 Å². The van der Waals surface area contributed by atoms with E-state index in [1.54, 1.807) is 0 Å². The fourth-order valence-corrected chi connectivity index (χ4v) is 6.36. The number of nitrogens with zero attached hydrogens (tertiary/aromatic N) is 1. The molecule has 0 aromatic carbocycles. The van der Waals surface area contributed by atoms with Crippen LogP contribution >= 0.6 is 7.82 Å². The van der Waals surface area contributed by atoms with Gasteiger partial charge in [-0.2, -0.15) is 0 Å². The average Bonchev–Trinajstić information content (AvgIpc) is 3.17. The number of unbranched alkanes of at least 4 members (excludes halogenated alkanes) is 14. The highest BCUT2D eigenvalue weighted by atomic mass is 31.2. The van der Waals surface area contributed by atoms with Gasteiger partial charge in [0.25, 0.3) is 7.82 Å². The number of ether oxygens (including phenoxy) is 2. The first-order valence-electron chi connectivity index (χ1n) is 22.6. The quantitative estimate of drug-likeness (QED) is 0.0197. The summed E-state index contributed by atoms with van der Waals surface area (Å²) in [6.07, 6.45) is 49.4. The number of likely N-dealkylation sites (N-methyl/N-ethyl adjacent to an activating group) is 1. The molecule has 1 unspecified atom stereocenters. The highest BCUT2D eigenvalue weighted by molar-refractivity contribution is 7.45. The summed E-state index contributed by atoms with van der Waals surface area (Å²) in [5.74, 6) is -0.941. The molecule has 0 saturated heterocycles. The first-order valence-corrected chi connectivity index (χ1v) is 24.1. The van der Waals surface area contributed by atoms with Crippen molar-refractivity contribution in [3.8, 4) is 0 Å². The van der Waals surface area contributed by atoms with Gasteiger partial charge in [-0.05, 0) is 77.0 Å². The number of carbonyl (C=O) groups excluding carboxylic acids is 2. The van der Waals surface area contributed by atoms with Crippen LogP contribution in [0.3, 0.4) is 0 Å². The lowest BCUT2D eigenvalue weighted by Gasteiger charge is -2.28. The van der Waals surface area contributed by atoms with Gasteiger partial charge in [-0.25, -0.2) is 0 Å². The van der Waals surface area contributed by atoms with Crippen molar-refractivity contribution in [2.45, 2.75) is 174 Å². The molecule has 9 nitrogen and oxygen atoms in total. The Hall–Kier alpha value is -2.55. The highest BCUT2D eigenvalue weighted by Crippen LogP contribution is 2.38. The number of phosphoric acid groups is 1. The van der Waals surface area contributed by atoms with Crippen molar-refractivity contribution in [3.63, 3.8) is 0 Å². The molecule has 0 amide bonds. The van der Waals surface area contributed by atoms with Gasteiger partial charge in [0, 0.05) is 12.8 Å². The molecule has 2 atom stereocenters. The summed E-state index contributed by atoms with van der Waals surface area (Å²) < 4.78 is 33.8. The largest absolute Gasteiger partial charge is 0.756 e. The minimum Gasteiger partial charge on any atom is -0.756 e. The third-order valence-corrected chi connectivity index (χ3v) is 10.2.